The number of amides is 2. The van der Waals surface area contributed by atoms with Gasteiger partial charge in [-0.05, 0) is 59.7 Å². The summed E-state index contributed by atoms with van der Waals surface area (Å²) < 4.78 is 5.64. The first-order valence-electron chi connectivity index (χ1n) is 12.7. The second-order valence-electron chi connectivity index (χ2n) is 10.6. The molecule has 0 saturated carbocycles. The van der Waals surface area contributed by atoms with Gasteiger partial charge in [0.2, 0.25) is 0 Å². The van der Waals surface area contributed by atoms with E-state index in [1.807, 2.05) is 72.8 Å². The molecule has 3 aromatic carbocycles. The van der Waals surface area contributed by atoms with Gasteiger partial charge in [-0.3, -0.25) is 9.59 Å². The molecule has 1 aliphatic rings. The van der Waals surface area contributed by atoms with E-state index in [0.29, 0.717) is 22.2 Å². The maximum atomic E-state index is 13.8. The number of fused-ring (bicyclic) bond motifs is 2. The fraction of sp³-hybridized carbons (Fsp3) is 0.290. The molecule has 5 rings (SSSR count). The fourth-order valence-electron chi connectivity index (χ4n) is 5.00. The predicted octanol–water partition coefficient (Wildman–Crippen LogP) is 7.32. The van der Waals surface area contributed by atoms with Crippen LogP contribution in [-0.2, 0) is 17.6 Å². The van der Waals surface area contributed by atoms with Gasteiger partial charge in [-0.25, -0.2) is 0 Å². The first-order valence-corrected chi connectivity index (χ1v) is 13.5. The third-order valence-corrected chi connectivity index (χ3v) is 8.29. The second-order valence-corrected chi connectivity index (χ2v) is 11.7. The standard InChI is InChI=1S/C31H32N2O3S/c1-31(2,3)21-16-17-24-26(18-21)37-30(33-27(34)19-36-22-12-5-4-6-13-22)28(24)29(35)32-25-15-9-11-20-10-7-8-14-23(20)25/h4-15,21H,16-19H2,1-3H3,(H,32,35)(H,33,34). The molecule has 1 aromatic heterocycles. The Morgan fingerprint density at radius 2 is 1.68 bits per heavy atom. The van der Waals surface area contributed by atoms with Crippen LogP contribution >= 0.6 is 11.3 Å². The molecule has 1 aliphatic carbocycles. The summed E-state index contributed by atoms with van der Waals surface area (Å²) in [5.41, 5.74) is 2.58. The van der Waals surface area contributed by atoms with E-state index >= 15 is 0 Å². The summed E-state index contributed by atoms with van der Waals surface area (Å²) in [5, 5.41) is 8.77. The number of carbonyl (C=O) groups is 2. The molecule has 0 aliphatic heterocycles. The minimum atomic E-state index is -0.283. The molecule has 1 atom stereocenters. The van der Waals surface area contributed by atoms with Crippen molar-refractivity contribution in [2.75, 3.05) is 17.2 Å². The molecule has 1 unspecified atom stereocenters. The Hall–Kier alpha value is -3.64. The molecule has 190 valence electrons. The average molecular weight is 513 g/mol. The maximum absolute atomic E-state index is 13.8. The van der Waals surface area contributed by atoms with E-state index in [1.54, 1.807) is 0 Å². The van der Waals surface area contributed by atoms with Crippen molar-refractivity contribution < 1.29 is 14.3 Å². The van der Waals surface area contributed by atoms with Crippen LogP contribution in [0.5, 0.6) is 5.75 Å². The lowest BCUT2D eigenvalue weighted by Crippen LogP contribution is -2.27. The average Bonchev–Trinajstić information content (AvgIpc) is 3.25. The van der Waals surface area contributed by atoms with Gasteiger partial charge in [0.05, 0.1) is 5.56 Å². The third-order valence-electron chi connectivity index (χ3n) is 7.12. The quantitative estimate of drug-likeness (QED) is 0.284. The number of thiophene rings is 1. The second kappa shape index (κ2) is 10.4. The van der Waals surface area contributed by atoms with Gasteiger partial charge >= 0.3 is 0 Å². The van der Waals surface area contributed by atoms with Crippen LogP contribution in [0.3, 0.4) is 0 Å². The lowest BCUT2D eigenvalue weighted by atomic mass is 9.72. The maximum Gasteiger partial charge on any atom is 0.262 e. The number of para-hydroxylation sites is 1. The molecule has 0 spiro atoms. The van der Waals surface area contributed by atoms with Crippen molar-refractivity contribution in [1.82, 2.24) is 0 Å². The molecule has 0 bridgehead atoms. The lowest BCUT2D eigenvalue weighted by Gasteiger charge is -2.33. The normalized spacial score (nSPS) is 15.2. The van der Waals surface area contributed by atoms with Crippen molar-refractivity contribution in [3.63, 3.8) is 0 Å². The van der Waals surface area contributed by atoms with E-state index < -0.39 is 0 Å². The molecule has 5 nitrogen and oxygen atoms in total. The number of ether oxygens (including phenoxy) is 1. The number of hydrogen-bond acceptors (Lipinski definition) is 4. The van der Waals surface area contributed by atoms with Gasteiger partial charge in [-0.2, -0.15) is 0 Å². The largest absolute Gasteiger partial charge is 0.484 e. The summed E-state index contributed by atoms with van der Waals surface area (Å²) in [6.45, 7) is 6.69. The van der Waals surface area contributed by atoms with E-state index in [2.05, 4.69) is 31.4 Å². The third kappa shape index (κ3) is 5.54. The number of carbonyl (C=O) groups excluding carboxylic acids is 2. The summed E-state index contributed by atoms with van der Waals surface area (Å²) in [4.78, 5) is 27.8. The Kier molecular flexibility index (Phi) is 7.02. The Balaban J connectivity index is 1.43. The van der Waals surface area contributed by atoms with Gasteiger partial charge in [-0.15, -0.1) is 11.3 Å². The smallest absolute Gasteiger partial charge is 0.262 e. The van der Waals surface area contributed by atoms with Crippen LogP contribution in [0.4, 0.5) is 10.7 Å². The van der Waals surface area contributed by atoms with Crippen molar-refractivity contribution in [3.8, 4) is 5.75 Å². The summed E-state index contributed by atoms with van der Waals surface area (Å²) >= 11 is 1.53. The molecule has 1 heterocycles. The molecule has 0 fully saturated rings. The molecular weight excluding hydrogens is 480 g/mol. The minimum Gasteiger partial charge on any atom is -0.484 e. The summed E-state index contributed by atoms with van der Waals surface area (Å²) in [7, 11) is 0. The SMILES string of the molecule is CC(C)(C)C1CCc2c(sc(NC(=O)COc3ccccc3)c2C(=O)Nc2cccc3ccccc23)C1. The van der Waals surface area contributed by atoms with Gasteiger partial charge < -0.3 is 15.4 Å². The number of anilines is 2. The van der Waals surface area contributed by atoms with E-state index in [9.17, 15) is 9.59 Å². The highest BCUT2D eigenvalue weighted by molar-refractivity contribution is 7.17. The zero-order valence-corrected chi connectivity index (χ0v) is 22.3. The van der Waals surface area contributed by atoms with Crippen LogP contribution in [0.1, 0.15) is 48.0 Å². The highest BCUT2D eigenvalue weighted by atomic mass is 32.1. The van der Waals surface area contributed by atoms with Gasteiger partial charge in [0, 0.05) is 16.0 Å². The van der Waals surface area contributed by atoms with Crippen LogP contribution in [0.15, 0.2) is 72.8 Å². The van der Waals surface area contributed by atoms with Gasteiger partial charge in [0.1, 0.15) is 10.8 Å². The Bertz CT molecular complexity index is 1430. The van der Waals surface area contributed by atoms with E-state index in [1.165, 1.54) is 16.2 Å². The monoisotopic (exact) mass is 512 g/mol. The summed E-state index contributed by atoms with van der Waals surface area (Å²) in [6, 6.07) is 23.1. The van der Waals surface area contributed by atoms with Crippen molar-refractivity contribution in [2.24, 2.45) is 11.3 Å². The van der Waals surface area contributed by atoms with Crippen LogP contribution in [0.25, 0.3) is 10.8 Å². The van der Waals surface area contributed by atoms with Crippen LogP contribution in [-0.4, -0.2) is 18.4 Å². The molecule has 2 N–H and O–H groups in total. The van der Waals surface area contributed by atoms with Crippen molar-refractivity contribution >= 4 is 44.6 Å². The Morgan fingerprint density at radius 1 is 0.946 bits per heavy atom. The molecular formula is C31H32N2O3S. The molecule has 4 aromatic rings. The van der Waals surface area contributed by atoms with Crippen molar-refractivity contribution in [3.05, 3.63) is 88.8 Å². The van der Waals surface area contributed by atoms with Gasteiger partial charge in [-0.1, -0.05) is 75.4 Å². The number of benzene rings is 3. The van der Waals surface area contributed by atoms with E-state index in [4.69, 9.17) is 4.74 Å². The molecule has 37 heavy (non-hydrogen) atoms. The van der Waals surface area contributed by atoms with E-state index in [-0.39, 0.29) is 23.8 Å². The van der Waals surface area contributed by atoms with Crippen LogP contribution < -0.4 is 15.4 Å². The number of nitrogens with one attached hydrogen (secondary N) is 2. The zero-order chi connectivity index (χ0) is 26.0. The topological polar surface area (TPSA) is 67.4 Å². The highest BCUT2D eigenvalue weighted by Gasteiger charge is 2.34. The zero-order valence-electron chi connectivity index (χ0n) is 21.5. The van der Waals surface area contributed by atoms with Crippen molar-refractivity contribution in [1.29, 1.82) is 0 Å². The minimum absolute atomic E-state index is 0.123. The Labute approximate surface area is 221 Å². The summed E-state index contributed by atoms with van der Waals surface area (Å²) in [5.74, 6) is 0.680. The van der Waals surface area contributed by atoms with Crippen LogP contribution in [0, 0.1) is 11.3 Å². The molecule has 0 saturated heterocycles. The van der Waals surface area contributed by atoms with E-state index in [0.717, 1.165) is 41.3 Å². The lowest BCUT2D eigenvalue weighted by molar-refractivity contribution is -0.118. The number of hydrogen-bond donors (Lipinski definition) is 2. The van der Waals surface area contributed by atoms with Gasteiger partial charge in [0.15, 0.2) is 6.61 Å². The molecule has 0 radical (unpaired) electrons. The highest BCUT2D eigenvalue weighted by Crippen LogP contribution is 2.44. The first-order chi connectivity index (χ1) is 17.8. The molecule has 6 heteroatoms. The molecule has 2 amide bonds. The van der Waals surface area contributed by atoms with Crippen LogP contribution in [0.2, 0.25) is 0 Å². The summed E-state index contributed by atoms with van der Waals surface area (Å²) in [6.07, 6.45) is 2.75. The first kappa shape index (κ1) is 25.0. The predicted molar refractivity (Wildman–Crippen MR) is 152 cm³/mol. The van der Waals surface area contributed by atoms with Crippen molar-refractivity contribution in [2.45, 2.75) is 40.0 Å². The van der Waals surface area contributed by atoms with Gasteiger partial charge in [0.25, 0.3) is 11.8 Å². The Morgan fingerprint density at radius 3 is 2.46 bits per heavy atom. The fourth-order valence-corrected chi connectivity index (χ4v) is 6.34. The number of rotatable bonds is 6.